The summed E-state index contributed by atoms with van der Waals surface area (Å²) in [7, 11) is 0. The van der Waals surface area contributed by atoms with Crippen molar-refractivity contribution in [2.24, 2.45) is 44.8 Å². The minimum atomic E-state index is -1.31. The molecule has 2 bridgehead atoms. The normalized spacial score (nSPS) is 60.4. The molecule has 0 radical (unpaired) electrons. The third-order valence-corrected chi connectivity index (χ3v) is 15.1. The summed E-state index contributed by atoms with van der Waals surface area (Å²) in [5.74, 6) is -0.00580. The molecule has 0 aromatic carbocycles. The Morgan fingerprint density at radius 1 is 1.00 bits per heavy atom. The molecule has 8 aliphatic rings. The van der Waals surface area contributed by atoms with E-state index >= 15 is 0 Å². The number of aliphatic hydroxyl groups excluding tert-OH is 4. The van der Waals surface area contributed by atoms with Crippen molar-refractivity contribution < 1.29 is 44.5 Å². The van der Waals surface area contributed by atoms with Gasteiger partial charge in [-0.25, -0.2) is 0 Å². The highest BCUT2D eigenvalue weighted by molar-refractivity contribution is 5.48. The molecular weight excluding hydrogens is 564 g/mol. The molecule has 3 saturated heterocycles. The van der Waals surface area contributed by atoms with Crippen LogP contribution in [0.4, 0.5) is 0 Å². The van der Waals surface area contributed by atoms with Crippen LogP contribution < -0.4 is 0 Å². The number of aliphatic hydroxyl groups is 5. The monoisotopic (exact) mass is 618 g/mol. The van der Waals surface area contributed by atoms with Crippen molar-refractivity contribution in [3.8, 4) is 0 Å². The molecule has 9 heteroatoms. The molecule has 0 aromatic rings. The summed E-state index contributed by atoms with van der Waals surface area (Å²) in [6, 6.07) is 0. The zero-order valence-corrected chi connectivity index (χ0v) is 27.5. The van der Waals surface area contributed by atoms with Crippen molar-refractivity contribution in [3.05, 3.63) is 11.6 Å². The fourth-order valence-electron chi connectivity index (χ4n) is 13.2. The smallest absolute Gasteiger partial charge is 0.186 e. The molecule has 9 nitrogen and oxygen atoms in total. The first-order chi connectivity index (χ1) is 20.4. The summed E-state index contributed by atoms with van der Waals surface area (Å²) in [6.45, 7) is 15.2. The maximum atomic E-state index is 12.4. The number of fused-ring (bicyclic) bond motifs is 4. The van der Waals surface area contributed by atoms with Crippen molar-refractivity contribution >= 4 is 0 Å². The molecule has 44 heavy (non-hydrogen) atoms. The molecule has 7 fully saturated rings. The minimum Gasteiger partial charge on any atom is -0.392 e. The summed E-state index contributed by atoms with van der Waals surface area (Å²) >= 11 is 0. The van der Waals surface area contributed by atoms with Gasteiger partial charge in [-0.2, -0.15) is 0 Å². The second kappa shape index (κ2) is 8.88. The van der Waals surface area contributed by atoms with Gasteiger partial charge in [0.15, 0.2) is 12.1 Å². The van der Waals surface area contributed by atoms with Crippen LogP contribution >= 0.6 is 0 Å². The Morgan fingerprint density at radius 2 is 1.73 bits per heavy atom. The van der Waals surface area contributed by atoms with Crippen molar-refractivity contribution in [1.82, 2.24) is 0 Å². The van der Waals surface area contributed by atoms with E-state index < -0.39 is 42.1 Å². The van der Waals surface area contributed by atoms with Crippen LogP contribution in [0.5, 0.6) is 0 Å². The molecule has 8 rings (SSSR count). The Bertz CT molecular complexity index is 1260. The first kappa shape index (κ1) is 30.7. The minimum absolute atomic E-state index is 0.0292. The van der Waals surface area contributed by atoms with Crippen LogP contribution in [0.15, 0.2) is 11.6 Å². The first-order valence-electron chi connectivity index (χ1n) is 17.2. The Labute approximate surface area is 261 Å². The van der Waals surface area contributed by atoms with Crippen LogP contribution in [0.25, 0.3) is 0 Å². The fraction of sp³-hybridized carbons (Fsp3) is 0.943. The van der Waals surface area contributed by atoms with Gasteiger partial charge in [-0.15, -0.1) is 0 Å². The van der Waals surface area contributed by atoms with Gasteiger partial charge in [0.05, 0.1) is 30.5 Å². The standard InChI is InChI=1S/C35H54O9/c1-17-12-19-27(30(4,5)40)44-35(43-19)15-32(7)21-9-8-20-29(2,3)23(42-28-25(39)24(38)18(36)14-41-28)10-11-33(20)16-34(21,33)22(37)13-31(32,6)26(17)35/h9,17-20,22-28,36-40H,8,10-16H2,1-7H3/t17-,18-,19-,20+,22+,23+,24+,25-,26-,27+,28+,31-,32+,33-,34+,35-/m1/s1. The van der Waals surface area contributed by atoms with E-state index in [1.807, 2.05) is 13.8 Å². The van der Waals surface area contributed by atoms with Gasteiger partial charge < -0.3 is 44.5 Å². The van der Waals surface area contributed by atoms with Crippen molar-refractivity contribution in [3.63, 3.8) is 0 Å². The number of ether oxygens (including phenoxy) is 4. The van der Waals surface area contributed by atoms with Gasteiger partial charge in [0.1, 0.15) is 24.4 Å². The van der Waals surface area contributed by atoms with E-state index in [1.165, 1.54) is 5.57 Å². The predicted octanol–water partition coefficient (Wildman–Crippen LogP) is 3.04. The number of allylic oxidation sites excluding steroid dienone is 1. The van der Waals surface area contributed by atoms with Gasteiger partial charge in [0.2, 0.25) is 0 Å². The third kappa shape index (κ3) is 3.42. The van der Waals surface area contributed by atoms with E-state index in [0.717, 1.165) is 38.5 Å². The molecular formula is C35H54O9. The van der Waals surface area contributed by atoms with Gasteiger partial charge in [0, 0.05) is 23.2 Å². The lowest BCUT2D eigenvalue weighted by Gasteiger charge is -2.61. The van der Waals surface area contributed by atoms with Crippen molar-refractivity contribution in [1.29, 1.82) is 0 Å². The lowest BCUT2D eigenvalue weighted by atomic mass is 9.44. The summed E-state index contributed by atoms with van der Waals surface area (Å²) in [5.41, 5.74) is -0.594. The second-order valence-electron chi connectivity index (χ2n) is 17.9. The molecule has 0 aromatic heterocycles. The largest absolute Gasteiger partial charge is 0.392 e. The summed E-state index contributed by atoms with van der Waals surface area (Å²) < 4.78 is 25.8. The number of rotatable bonds is 3. The van der Waals surface area contributed by atoms with E-state index in [0.29, 0.717) is 12.3 Å². The zero-order chi connectivity index (χ0) is 31.6. The van der Waals surface area contributed by atoms with E-state index in [2.05, 4.69) is 40.7 Å². The van der Waals surface area contributed by atoms with Gasteiger partial charge in [0.25, 0.3) is 0 Å². The van der Waals surface area contributed by atoms with Crippen molar-refractivity contribution in [2.75, 3.05) is 6.61 Å². The average molecular weight is 619 g/mol. The van der Waals surface area contributed by atoms with Crippen LogP contribution in [-0.2, 0) is 18.9 Å². The van der Waals surface area contributed by atoms with Gasteiger partial charge in [-0.3, -0.25) is 0 Å². The maximum absolute atomic E-state index is 12.4. The molecule has 5 N–H and O–H groups in total. The van der Waals surface area contributed by atoms with Crippen LogP contribution in [0.3, 0.4) is 0 Å². The highest BCUT2D eigenvalue weighted by Crippen LogP contribution is 2.89. The lowest BCUT2D eigenvalue weighted by Crippen LogP contribution is -2.60. The summed E-state index contributed by atoms with van der Waals surface area (Å²) in [4.78, 5) is 0. The molecule has 3 aliphatic heterocycles. The zero-order valence-electron chi connectivity index (χ0n) is 27.5. The number of hydrogen-bond donors (Lipinski definition) is 5. The molecule has 5 aliphatic carbocycles. The van der Waals surface area contributed by atoms with E-state index in [4.69, 9.17) is 18.9 Å². The fourth-order valence-corrected chi connectivity index (χ4v) is 13.2. The lowest BCUT2D eigenvalue weighted by molar-refractivity contribution is -0.301. The Hall–Kier alpha value is -0.620. The highest BCUT2D eigenvalue weighted by Gasteiger charge is 2.86. The highest BCUT2D eigenvalue weighted by atomic mass is 16.8. The Kier molecular flexibility index (Phi) is 6.20. The predicted molar refractivity (Wildman–Crippen MR) is 159 cm³/mol. The molecule has 3 heterocycles. The number of hydrogen-bond acceptors (Lipinski definition) is 9. The van der Waals surface area contributed by atoms with Gasteiger partial charge >= 0.3 is 0 Å². The average Bonchev–Trinajstić information content (AvgIpc) is 3.45. The van der Waals surface area contributed by atoms with E-state index in [9.17, 15) is 25.5 Å². The Balaban J connectivity index is 1.13. The van der Waals surface area contributed by atoms with E-state index in [1.54, 1.807) is 0 Å². The third-order valence-electron chi connectivity index (χ3n) is 15.1. The topological polar surface area (TPSA) is 138 Å². The van der Waals surface area contributed by atoms with Crippen LogP contribution in [0, 0.1) is 44.8 Å². The maximum Gasteiger partial charge on any atom is 0.186 e. The van der Waals surface area contributed by atoms with Crippen LogP contribution in [0.1, 0.15) is 93.4 Å². The molecule has 248 valence electrons. The van der Waals surface area contributed by atoms with Crippen molar-refractivity contribution in [2.45, 2.75) is 154 Å². The molecule has 3 spiro atoms. The van der Waals surface area contributed by atoms with Gasteiger partial charge in [-0.1, -0.05) is 46.3 Å². The molecule has 0 amide bonds. The van der Waals surface area contributed by atoms with Gasteiger partial charge in [-0.05, 0) is 80.5 Å². The molecule has 16 atom stereocenters. The molecule has 0 unspecified atom stereocenters. The second-order valence-corrected chi connectivity index (χ2v) is 17.9. The Morgan fingerprint density at radius 3 is 2.43 bits per heavy atom. The van der Waals surface area contributed by atoms with Crippen LogP contribution in [0.2, 0.25) is 0 Å². The van der Waals surface area contributed by atoms with E-state index in [-0.39, 0.29) is 63.8 Å². The molecule has 4 saturated carbocycles. The summed E-state index contributed by atoms with van der Waals surface area (Å²) in [5, 5.41) is 54.2. The SMILES string of the molecule is C[C@@H]1C[C@H]2O[C@]3(C[C@@]4(C)C5=CC[C@H]6C(C)(C)[C@@H](O[C@@H]7OC[C@@H](O)[C@H](O)[C@H]7O)CC[C@@]67C[C@@]57[C@@H](O)C[C@]4(C)[C@@H]13)O[C@@H]2C(C)(C)O. The summed E-state index contributed by atoms with van der Waals surface area (Å²) in [6.07, 6.45) is 2.44. The first-order valence-corrected chi connectivity index (χ1v) is 17.2. The van der Waals surface area contributed by atoms with Crippen LogP contribution in [-0.4, -0.2) is 92.5 Å². The quantitative estimate of drug-likeness (QED) is 0.302.